The molecule has 0 radical (unpaired) electrons. The molecule has 2 aromatic carbocycles. The minimum Gasteiger partial charge on any atom is -0.481 e. The number of aliphatic carboxylic acids is 1. The number of piperidine rings is 1. The number of hydrogen-bond donors (Lipinski definition) is 1. The van der Waals surface area contributed by atoms with Crippen LogP contribution >= 0.6 is 23.2 Å². The Labute approximate surface area is 206 Å². The van der Waals surface area contributed by atoms with Crippen LogP contribution in [0.3, 0.4) is 0 Å². The van der Waals surface area contributed by atoms with Crippen LogP contribution in [0.4, 0.5) is 4.39 Å². The predicted octanol–water partition coefficient (Wildman–Crippen LogP) is 5.83. The van der Waals surface area contributed by atoms with Gasteiger partial charge in [0.15, 0.2) is 6.10 Å². The number of carboxylic acid groups (broad SMARTS) is 1. The lowest BCUT2D eigenvalue weighted by atomic mass is 9.94. The molecule has 1 aliphatic heterocycles. The van der Waals surface area contributed by atoms with E-state index in [-0.39, 0.29) is 28.4 Å². The van der Waals surface area contributed by atoms with Gasteiger partial charge in [0.1, 0.15) is 16.7 Å². The fourth-order valence-corrected chi connectivity index (χ4v) is 4.84. The van der Waals surface area contributed by atoms with Gasteiger partial charge in [0.25, 0.3) is 5.91 Å². The van der Waals surface area contributed by atoms with Crippen LogP contribution in [0.25, 0.3) is 22.0 Å². The summed E-state index contributed by atoms with van der Waals surface area (Å²) < 4.78 is 19.4. The Morgan fingerprint density at radius 1 is 1.21 bits per heavy atom. The van der Waals surface area contributed by atoms with E-state index in [0.29, 0.717) is 35.5 Å². The van der Waals surface area contributed by atoms with Crippen LogP contribution in [0.15, 0.2) is 42.5 Å². The number of halogens is 3. The molecule has 2 atom stereocenters. The average molecular weight is 505 g/mol. The number of fused-ring (bicyclic) bond motifs is 1. The van der Waals surface area contributed by atoms with Crippen molar-refractivity contribution in [2.45, 2.75) is 32.3 Å². The van der Waals surface area contributed by atoms with E-state index in [9.17, 15) is 14.0 Å². The molecule has 1 saturated heterocycles. The zero-order valence-electron chi connectivity index (χ0n) is 18.4. The van der Waals surface area contributed by atoms with E-state index in [1.807, 2.05) is 0 Å². The van der Waals surface area contributed by atoms with Gasteiger partial charge in [0, 0.05) is 36.5 Å². The number of rotatable bonds is 6. The standard InChI is InChI=1S/C25H23Cl2FN2O4/c1-14(25(33)30-8-2-3-15(13-30)9-24(31)32)34-17-5-7-19-20(12-23(27)29-22(19)11-17)18-6-4-16(28)10-21(18)26/h4-7,10-12,14-15H,2-3,8-9,13H2,1H3,(H,31,32)/t14?,15-/m1/s1. The molecular weight excluding hydrogens is 482 g/mol. The summed E-state index contributed by atoms with van der Waals surface area (Å²) in [5, 5.41) is 10.3. The van der Waals surface area contributed by atoms with E-state index < -0.39 is 17.9 Å². The summed E-state index contributed by atoms with van der Waals surface area (Å²) in [5.74, 6) is -1.08. The number of carbonyl (C=O) groups is 2. The first-order valence-corrected chi connectivity index (χ1v) is 11.7. The summed E-state index contributed by atoms with van der Waals surface area (Å²) in [6, 6.07) is 11.0. The minimum absolute atomic E-state index is 0.0499. The number of amides is 1. The summed E-state index contributed by atoms with van der Waals surface area (Å²) in [7, 11) is 0. The van der Waals surface area contributed by atoms with Crippen molar-refractivity contribution in [3.8, 4) is 16.9 Å². The van der Waals surface area contributed by atoms with Crippen LogP contribution in [0, 0.1) is 11.7 Å². The van der Waals surface area contributed by atoms with Crippen molar-refractivity contribution in [3.63, 3.8) is 0 Å². The first-order valence-electron chi connectivity index (χ1n) is 10.9. The smallest absolute Gasteiger partial charge is 0.303 e. The summed E-state index contributed by atoms with van der Waals surface area (Å²) in [6.45, 7) is 2.66. The highest BCUT2D eigenvalue weighted by molar-refractivity contribution is 6.34. The Hall–Kier alpha value is -2.90. The van der Waals surface area contributed by atoms with Crippen LogP contribution in [0.2, 0.25) is 10.2 Å². The van der Waals surface area contributed by atoms with Crippen molar-refractivity contribution >= 4 is 46.0 Å². The van der Waals surface area contributed by atoms with Crippen molar-refractivity contribution < 1.29 is 23.8 Å². The Morgan fingerprint density at radius 3 is 2.74 bits per heavy atom. The van der Waals surface area contributed by atoms with Crippen LogP contribution in [-0.4, -0.2) is 46.1 Å². The fourth-order valence-electron chi connectivity index (χ4n) is 4.37. The molecule has 178 valence electrons. The summed E-state index contributed by atoms with van der Waals surface area (Å²) in [5.41, 5.74) is 1.86. The van der Waals surface area contributed by atoms with E-state index >= 15 is 0 Å². The lowest BCUT2D eigenvalue weighted by Crippen LogP contribution is -2.46. The van der Waals surface area contributed by atoms with Gasteiger partial charge < -0.3 is 14.7 Å². The van der Waals surface area contributed by atoms with Crippen molar-refractivity contribution in [2.75, 3.05) is 13.1 Å². The second-order valence-electron chi connectivity index (χ2n) is 8.45. The third-order valence-corrected chi connectivity index (χ3v) is 6.43. The number of pyridine rings is 1. The molecule has 1 N–H and O–H groups in total. The van der Waals surface area contributed by atoms with Gasteiger partial charge in [-0.3, -0.25) is 9.59 Å². The van der Waals surface area contributed by atoms with Gasteiger partial charge in [0.05, 0.1) is 10.5 Å². The maximum atomic E-state index is 13.5. The van der Waals surface area contributed by atoms with E-state index in [1.165, 1.54) is 12.1 Å². The normalized spacial score (nSPS) is 16.9. The number of nitrogens with zero attached hydrogens (tertiary/aromatic N) is 2. The monoisotopic (exact) mass is 504 g/mol. The summed E-state index contributed by atoms with van der Waals surface area (Å²) in [4.78, 5) is 30.0. The van der Waals surface area contributed by atoms with E-state index in [1.54, 1.807) is 42.2 Å². The van der Waals surface area contributed by atoms with E-state index in [2.05, 4.69) is 4.98 Å². The second kappa shape index (κ2) is 10.2. The van der Waals surface area contributed by atoms with Crippen molar-refractivity contribution in [1.29, 1.82) is 0 Å². The summed E-state index contributed by atoms with van der Waals surface area (Å²) >= 11 is 12.5. The second-order valence-corrected chi connectivity index (χ2v) is 9.24. The Morgan fingerprint density at radius 2 is 2.00 bits per heavy atom. The van der Waals surface area contributed by atoms with Crippen LogP contribution in [0.5, 0.6) is 5.75 Å². The molecule has 1 fully saturated rings. The highest BCUT2D eigenvalue weighted by Gasteiger charge is 2.29. The summed E-state index contributed by atoms with van der Waals surface area (Å²) in [6.07, 6.45) is 0.856. The van der Waals surface area contributed by atoms with Crippen molar-refractivity contribution in [3.05, 3.63) is 58.5 Å². The number of ether oxygens (including phenoxy) is 1. The number of aromatic nitrogens is 1. The highest BCUT2D eigenvalue weighted by atomic mass is 35.5. The largest absolute Gasteiger partial charge is 0.481 e. The Kier molecular flexibility index (Phi) is 7.24. The zero-order chi connectivity index (χ0) is 24.4. The maximum Gasteiger partial charge on any atom is 0.303 e. The number of hydrogen-bond acceptors (Lipinski definition) is 4. The maximum absolute atomic E-state index is 13.5. The molecule has 6 nitrogen and oxygen atoms in total. The van der Waals surface area contributed by atoms with Gasteiger partial charge in [-0.2, -0.15) is 0 Å². The van der Waals surface area contributed by atoms with Crippen LogP contribution < -0.4 is 4.74 Å². The van der Waals surface area contributed by atoms with Gasteiger partial charge in [-0.15, -0.1) is 0 Å². The van der Waals surface area contributed by atoms with Crippen molar-refractivity contribution in [2.24, 2.45) is 5.92 Å². The Bertz CT molecular complexity index is 1250. The molecule has 0 spiro atoms. The van der Waals surface area contributed by atoms with Gasteiger partial charge in [0.2, 0.25) is 0 Å². The number of benzene rings is 2. The molecule has 34 heavy (non-hydrogen) atoms. The molecule has 4 rings (SSSR count). The van der Waals surface area contributed by atoms with Crippen LogP contribution in [-0.2, 0) is 9.59 Å². The zero-order valence-corrected chi connectivity index (χ0v) is 19.9. The molecule has 1 aromatic heterocycles. The molecule has 2 heterocycles. The van der Waals surface area contributed by atoms with Gasteiger partial charge in [-0.05, 0) is 67.6 Å². The molecule has 1 unspecified atom stereocenters. The van der Waals surface area contributed by atoms with Gasteiger partial charge in [-0.25, -0.2) is 9.37 Å². The van der Waals surface area contributed by atoms with E-state index in [4.69, 9.17) is 33.0 Å². The highest BCUT2D eigenvalue weighted by Crippen LogP contribution is 2.36. The van der Waals surface area contributed by atoms with Crippen molar-refractivity contribution in [1.82, 2.24) is 9.88 Å². The Balaban J connectivity index is 1.55. The molecule has 0 saturated carbocycles. The molecule has 1 aliphatic rings. The van der Waals surface area contributed by atoms with Crippen LogP contribution in [0.1, 0.15) is 26.2 Å². The lowest BCUT2D eigenvalue weighted by molar-refractivity contribution is -0.143. The fraction of sp³-hybridized carbons (Fsp3) is 0.320. The number of carboxylic acids is 1. The molecule has 1 amide bonds. The minimum atomic E-state index is -0.854. The molecule has 0 aliphatic carbocycles. The third kappa shape index (κ3) is 5.42. The third-order valence-electron chi connectivity index (χ3n) is 5.93. The molecular formula is C25H23Cl2FN2O4. The molecule has 0 bridgehead atoms. The molecule has 3 aromatic rings. The lowest BCUT2D eigenvalue weighted by Gasteiger charge is -2.33. The first kappa shape index (κ1) is 24.2. The quantitative estimate of drug-likeness (QED) is 0.427. The predicted molar refractivity (Wildman–Crippen MR) is 129 cm³/mol. The molecule has 9 heteroatoms. The van der Waals surface area contributed by atoms with Gasteiger partial charge >= 0.3 is 5.97 Å². The van der Waals surface area contributed by atoms with Gasteiger partial charge in [-0.1, -0.05) is 23.2 Å². The SMILES string of the molecule is CC(Oc1ccc2c(-c3ccc(F)cc3Cl)cc(Cl)nc2c1)C(=O)N1CCC[C@H](CC(=O)O)C1. The van der Waals surface area contributed by atoms with E-state index in [0.717, 1.165) is 18.2 Å². The average Bonchev–Trinajstić information content (AvgIpc) is 2.77. The first-order chi connectivity index (χ1) is 16.2. The number of likely N-dealkylation sites (tertiary alicyclic amines) is 1. The number of carbonyl (C=O) groups excluding carboxylic acids is 1. The topological polar surface area (TPSA) is 79.7 Å².